The van der Waals surface area contributed by atoms with Crippen molar-refractivity contribution in [3.05, 3.63) is 29.8 Å². The van der Waals surface area contributed by atoms with Gasteiger partial charge in [-0.3, -0.25) is 0 Å². The molecule has 1 unspecified atom stereocenters. The fourth-order valence-electron chi connectivity index (χ4n) is 2.92. The first-order valence-corrected chi connectivity index (χ1v) is 6.95. The number of methoxy groups -OCH3 is 1. The SMILES string of the molecule is COc1ccc(CC(O)C2(C)CCCCC2)cc1. The van der Waals surface area contributed by atoms with E-state index in [-0.39, 0.29) is 11.5 Å². The standard InChI is InChI=1S/C16H24O2/c1-16(10-4-3-5-11-16)15(17)12-13-6-8-14(18-2)9-7-13/h6-9,15,17H,3-5,10-12H2,1-2H3. The van der Waals surface area contributed by atoms with Crippen LogP contribution in [0.3, 0.4) is 0 Å². The number of hydrogen-bond donors (Lipinski definition) is 1. The highest BCUT2D eigenvalue weighted by molar-refractivity contribution is 5.27. The molecule has 1 aromatic rings. The van der Waals surface area contributed by atoms with Crippen LogP contribution in [0, 0.1) is 5.41 Å². The summed E-state index contributed by atoms with van der Waals surface area (Å²) < 4.78 is 5.15. The summed E-state index contributed by atoms with van der Waals surface area (Å²) in [5.74, 6) is 0.872. The Bertz CT molecular complexity index is 363. The first kappa shape index (κ1) is 13.4. The van der Waals surface area contributed by atoms with Crippen molar-refractivity contribution >= 4 is 0 Å². The average Bonchev–Trinajstić information content (AvgIpc) is 2.40. The molecule has 1 aliphatic rings. The highest BCUT2D eigenvalue weighted by Gasteiger charge is 2.34. The molecule has 1 aromatic carbocycles. The molecular formula is C16H24O2. The Morgan fingerprint density at radius 2 is 1.78 bits per heavy atom. The van der Waals surface area contributed by atoms with Crippen molar-refractivity contribution in [3.63, 3.8) is 0 Å². The van der Waals surface area contributed by atoms with E-state index in [2.05, 4.69) is 6.92 Å². The third-order valence-electron chi connectivity index (χ3n) is 4.39. The Morgan fingerprint density at radius 3 is 2.33 bits per heavy atom. The van der Waals surface area contributed by atoms with Gasteiger partial charge in [0, 0.05) is 0 Å². The average molecular weight is 248 g/mol. The van der Waals surface area contributed by atoms with E-state index in [0.717, 1.165) is 25.0 Å². The summed E-state index contributed by atoms with van der Waals surface area (Å²) in [6, 6.07) is 8.03. The van der Waals surface area contributed by atoms with Crippen LogP contribution >= 0.6 is 0 Å². The second-order valence-electron chi connectivity index (χ2n) is 5.78. The normalized spacial score (nSPS) is 20.4. The van der Waals surface area contributed by atoms with Gasteiger partial charge in [0.2, 0.25) is 0 Å². The summed E-state index contributed by atoms with van der Waals surface area (Å²) in [5.41, 5.74) is 1.30. The number of ether oxygens (including phenoxy) is 1. The van der Waals surface area contributed by atoms with Crippen LogP contribution in [0.25, 0.3) is 0 Å². The summed E-state index contributed by atoms with van der Waals surface area (Å²) in [6.07, 6.45) is 6.68. The van der Waals surface area contributed by atoms with Crippen molar-refractivity contribution in [1.29, 1.82) is 0 Å². The smallest absolute Gasteiger partial charge is 0.118 e. The first-order valence-electron chi connectivity index (χ1n) is 6.95. The van der Waals surface area contributed by atoms with Crippen LogP contribution in [0.4, 0.5) is 0 Å². The molecule has 0 saturated heterocycles. The van der Waals surface area contributed by atoms with E-state index < -0.39 is 0 Å². The van der Waals surface area contributed by atoms with Crippen molar-refractivity contribution in [2.24, 2.45) is 5.41 Å². The molecule has 100 valence electrons. The molecular weight excluding hydrogens is 224 g/mol. The maximum absolute atomic E-state index is 10.5. The van der Waals surface area contributed by atoms with E-state index in [1.807, 2.05) is 24.3 Å². The number of hydrogen-bond acceptors (Lipinski definition) is 2. The van der Waals surface area contributed by atoms with E-state index in [9.17, 15) is 5.11 Å². The van der Waals surface area contributed by atoms with Gasteiger partial charge in [0.25, 0.3) is 0 Å². The molecule has 2 nitrogen and oxygen atoms in total. The highest BCUT2D eigenvalue weighted by atomic mass is 16.5. The fourth-order valence-corrected chi connectivity index (χ4v) is 2.92. The molecule has 0 aromatic heterocycles. The fraction of sp³-hybridized carbons (Fsp3) is 0.625. The van der Waals surface area contributed by atoms with Crippen molar-refractivity contribution < 1.29 is 9.84 Å². The molecule has 1 saturated carbocycles. The topological polar surface area (TPSA) is 29.5 Å². The quantitative estimate of drug-likeness (QED) is 0.882. The molecule has 2 rings (SSSR count). The molecule has 0 heterocycles. The second-order valence-corrected chi connectivity index (χ2v) is 5.78. The van der Waals surface area contributed by atoms with Gasteiger partial charge in [-0.15, -0.1) is 0 Å². The minimum Gasteiger partial charge on any atom is -0.497 e. The van der Waals surface area contributed by atoms with Crippen LogP contribution in [0.2, 0.25) is 0 Å². The predicted octanol–water partition coefficient (Wildman–Crippen LogP) is 3.57. The molecule has 1 N–H and O–H groups in total. The van der Waals surface area contributed by atoms with Gasteiger partial charge in [0.05, 0.1) is 13.2 Å². The minimum atomic E-state index is -0.230. The molecule has 2 heteroatoms. The van der Waals surface area contributed by atoms with Crippen LogP contribution in [-0.2, 0) is 6.42 Å². The van der Waals surface area contributed by atoms with Gasteiger partial charge in [-0.25, -0.2) is 0 Å². The number of rotatable bonds is 4. The Labute approximate surface area is 110 Å². The van der Waals surface area contributed by atoms with Gasteiger partial charge >= 0.3 is 0 Å². The molecule has 1 atom stereocenters. The summed E-state index contributed by atoms with van der Waals surface area (Å²) >= 11 is 0. The Balaban J connectivity index is 1.98. The van der Waals surface area contributed by atoms with Gasteiger partial charge in [-0.1, -0.05) is 38.3 Å². The molecule has 0 aliphatic heterocycles. The lowest BCUT2D eigenvalue weighted by Gasteiger charge is -2.38. The van der Waals surface area contributed by atoms with Gasteiger partial charge < -0.3 is 9.84 Å². The number of aliphatic hydroxyl groups is 1. The summed E-state index contributed by atoms with van der Waals surface area (Å²) in [7, 11) is 1.67. The van der Waals surface area contributed by atoms with E-state index >= 15 is 0 Å². The largest absolute Gasteiger partial charge is 0.497 e. The van der Waals surface area contributed by atoms with Crippen molar-refractivity contribution in [1.82, 2.24) is 0 Å². The zero-order chi connectivity index (χ0) is 13.0. The third-order valence-corrected chi connectivity index (χ3v) is 4.39. The molecule has 0 amide bonds. The molecule has 1 aliphatic carbocycles. The second kappa shape index (κ2) is 5.75. The van der Waals surface area contributed by atoms with Gasteiger partial charge in [0.1, 0.15) is 5.75 Å². The van der Waals surface area contributed by atoms with Gasteiger partial charge in [-0.05, 0) is 42.4 Å². The monoisotopic (exact) mass is 248 g/mol. The molecule has 0 spiro atoms. The number of benzene rings is 1. The van der Waals surface area contributed by atoms with Crippen LogP contribution < -0.4 is 4.74 Å². The maximum Gasteiger partial charge on any atom is 0.118 e. The van der Waals surface area contributed by atoms with E-state index in [4.69, 9.17) is 4.74 Å². The van der Waals surface area contributed by atoms with Crippen LogP contribution in [0.15, 0.2) is 24.3 Å². The maximum atomic E-state index is 10.5. The zero-order valence-electron chi connectivity index (χ0n) is 11.5. The molecule has 1 fully saturated rings. The zero-order valence-corrected chi connectivity index (χ0v) is 11.5. The summed E-state index contributed by atoms with van der Waals surface area (Å²) in [4.78, 5) is 0. The van der Waals surface area contributed by atoms with Crippen LogP contribution in [0.1, 0.15) is 44.6 Å². The van der Waals surface area contributed by atoms with Crippen LogP contribution in [-0.4, -0.2) is 18.3 Å². The third kappa shape index (κ3) is 3.05. The minimum absolute atomic E-state index is 0.109. The first-order chi connectivity index (χ1) is 8.64. The van der Waals surface area contributed by atoms with E-state index in [0.29, 0.717) is 0 Å². The molecule has 18 heavy (non-hydrogen) atoms. The van der Waals surface area contributed by atoms with Crippen molar-refractivity contribution in [2.45, 2.75) is 51.6 Å². The van der Waals surface area contributed by atoms with Crippen molar-refractivity contribution in [3.8, 4) is 5.75 Å². The van der Waals surface area contributed by atoms with E-state index in [1.165, 1.54) is 24.8 Å². The Kier molecular flexibility index (Phi) is 4.28. The summed E-state index contributed by atoms with van der Waals surface area (Å²) in [5, 5.41) is 10.5. The molecule has 0 radical (unpaired) electrons. The molecule has 0 bridgehead atoms. The van der Waals surface area contributed by atoms with E-state index in [1.54, 1.807) is 7.11 Å². The Morgan fingerprint density at radius 1 is 1.17 bits per heavy atom. The number of aliphatic hydroxyl groups excluding tert-OH is 1. The van der Waals surface area contributed by atoms with Crippen molar-refractivity contribution in [2.75, 3.05) is 7.11 Å². The lowest BCUT2D eigenvalue weighted by molar-refractivity contribution is 0.0104. The van der Waals surface area contributed by atoms with Gasteiger partial charge in [-0.2, -0.15) is 0 Å². The lowest BCUT2D eigenvalue weighted by atomic mass is 9.70. The highest BCUT2D eigenvalue weighted by Crippen LogP contribution is 2.39. The Hall–Kier alpha value is -1.02. The van der Waals surface area contributed by atoms with Crippen LogP contribution in [0.5, 0.6) is 5.75 Å². The predicted molar refractivity (Wildman–Crippen MR) is 73.9 cm³/mol. The lowest BCUT2D eigenvalue weighted by Crippen LogP contribution is -2.35. The van der Waals surface area contributed by atoms with Gasteiger partial charge in [0.15, 0.2) is 0 Å². The summed E-state index contributed by atoms with van der Waals surface area (Å²) in [6.45, 7) is 2.24.